The van der Waals surface area contributed by atoms with Crippen LogP contribution >= 0.6 is 0 Å². The van der Waals surface area contributed by atoms with Crippen molar-refractivity contribution in [3.8, 4) is 11.5 Å². The number of carbonyl (C=O) groups excluding carboxylic acids is 2. The van der Waals surface area contributed by atoms with E-state index in [9.17, 15) is 19.8 Å². The maximum atomic E-state index is 13.2. The van der Waals surface area contributed by atoms with E-state index in [2.05, 4.69) is 0 Å². The highest BCUT2D eigenvalue weighted by molar-refractivity contribution is 6.18. The molecule has 3 rings (SSSR count). The molecule has 1 saturated carbocycles. The van der Waals surface area contributed by atoms with E-state index in [-0.39, 0.29) is 28.5 Å². The highest BCUT2D eigenvalue weighted by atomic mass is 16.3. The summed E-state index contributed by atoms with van der Waals surface area (Å²) in [6, 6.07) is 12.4. The van der Waals surface area contributed by atoms with Gasteiger partial charge < -0.3 is 10.2 Å². The number of aromatic hydroxyl groups is 2. The first-order valence-corrected chi connectivity index (χ1v) is 7.91. The predicted molar refractivity (Wildman–Crippen MR) is 90.0 cm³/mol. The lowest BCUT2D eigenvalue weighted by Crippen LogP contribution is -2.51. The Hall–Kier alpha value is -2.62. The standard InChI is InChI=1S/C20H20O4/c1-19(2)11-17(23)20(18(24)12-19,13-3-7-15(21)8-4-13)14-5-9-16(22)10-6-14/h3-10,21-22H,11-12H2,1-2H3. The van der Waals surface area contributed by atoms with E-state index in [1.54, 1.807) is 24.3 Å². The van der Waals surface area contributed by atoms with Gasteiger partial charge in [-0.05, 0) is 40.8 Å². The van der Waals surface area contributed by atoms with Gasteiger partial charge in [0.15, 0.2) is 11.6 Å². The third-order valence-electron chi connectivity index (χ3n) is 4.72. The number of benzene rings is 2. The number of phenols is 2. The van der Waals surface area contributed by atoms with Crippen LogP contribution in [0.5, 0.6) is 11.5 Å². The van der Waals surface area contributed by atoms with E-state index in [0.717, 1.165) is 0 Å². The van der Waals surface area contributed by atoms with E-state index < -0.39 is 5.41 Å². The number of hydrogen-bond acceptors (Lipinski definition) is 4. The van der Waals surface area contributed by atoms with Crippen molar-refractivity contribution in [3.05, 3.63) is 59.7 Å². The molecular weight excluding hydrogens is 304 g/mol. The molecule has 0 unspecified atom stereocenters. The number of rotatable bonds is 2. The molecule has 4 nitrogen and oxygen atoms in total. The molecule has 4 heteroatoms. The number of ketones is 2. The van der Waals surface area contributed by atoms with Crippen LogP contribution in [0.15, 0.2) is 48.5 Å². The van der Waals surface area contributed by atoms with Crippen LogP contribution in [0.2, 0.25) is 0 Å². The molecule has 0 bridgehead atoms. The SMILES string of the molecule is CC1(C)CC(=O)C(c2ccc(O)cc2)(c2ccc(O)cc2)C(=O)C1. The minimum Gasteiger partial charge on any atom is -0.508 e. The summed E-state index contributed by atoms with van der Waals surface area (Å²) in [6.07, 6.45) is 0.584. The van der Waals surface area contributed by atoms with Crippen molar-refractivity contribution in [2.45, 2.75) is 32.1 Å². The van der Waals surface area contributed by atoms with Crippen LogP contribution in [0.1, 0.15) is 37.8 Å². The van der Waals surface area contributed by atoms with Crippen molar-refractivity contribution in [1.82, 2.24) is 0 Å². The predicted octanol–water partition coefficient (Wildman–Crippen LogP) is 3.34. The summed E-state index contributed by atoms with van der Waals surface area (Å²) in [7, 11) is 0. The smallest absolute Gasteiger partial charge is 0.155 e. The van der Waals surface area contributed by atoms with Gasteiger partial charge in [0.25, 0.3) is 0 Å². The number of phenolic OH excluding ortho intramolecular Hbond substituents is 2. The first-order chi connectivity index (χ1) is 11.3. The minimum absolute atomic E-state index is 0.0793. The van der Waals surface area contributed by atoms with Crippen LogP contribution < -0.4 is 0 Å². The van der Waals surface area contributed by atoms with Gasteiger partial charge in [-0.1, -0.05) is 38.1 Å². The molecule has 0 spiro atoms. The second-order valence-electron chi connectivity index (χ2n) is 7.21. The Balaban J connectivity index is 2.25. The summed E-state index contributed by atoms with van der Waals surface area (Å²) in [5.74, 6) is -0.147. The summed E-state index contributed by atoms with van der Waals surface area (Å²) in [4.78, 5) is 26.3. The second kappa shape index (κ2) is 5.48. The molecule has 2 aromatic rings. The number of hydrogen-bond donors (Lipinski definition) is 2. The lowest BCUT2D eigenvalue weighted by Gasteiger charge is -2.41. The molecule has 2 N–H and O–H groups in total. The molecule has 0 heterocycles. The lowest BCUT2D eigenvalue weighted by molar-refractivity contribution is -0.140. The van der Waals surface area contributed by atoms with Gasteiger partial charge in [-0.3, -0.25) is 9.59 Å². The Labute approximate surface area is 140 Å². The molecular formula is C20H20O4. The fourth-order valence-electron chi connectivity index (χ4n) is 3.59. The molecule has 24 heavy (non-hydrogen) atoms. The summed E-state index contributed by atoms with van der Waals surface area (Å²) < 4.78 is 0. The van der Waals surface area contributed by atoms with Gasteiger partial charge >= 0.3 is 0 Å². The van der Waals surface area contributed by atoms with Gasteiger partial charge in [-0.2, -0.15) is 0 Å². The van der Waals surface area contributed by atoms with Crippen LogP contribution in [-0.4, -0.2) is 21.8 Å². The maximum Gasteiger partial charge on any atom is 0.155 e. The van der Waals surface area contributed by atoms with Crippen molar-refractivity contribution in [1.29, 1.82) is 0 Å². The van der Waals surface area contributed by atoms with Crippen LogP contribution in [0, 0.1) is 5.41 Å². The summed E-state index contributed by atoms with van der Waals surface area (Å²) in [6.45, 7) is 3.83. The zero-order valence-electron chi connectivity index (χ0n) is 13.7. The first-order valence-electron chi connectivity index (χ1n) is 7.91. The molecule has 0 radical (unpaired) electrons. The van der Waals surface area contributed by atoms with Gasteiger partial charge in [-0.25, -0.2) is 0 Å². The average molecular weight is 324 g/mol. The van der Waals surface area contributed by atoms with E-state index in [0.29, 0.717) is 24.0 Å². The van der Waals surface area contributed by atoms with Gasteiger partial charge in [-0.15, -0.1) is 0 Å². The van der Waals surface area contributed by atoms with Crippen molar-refractivity contribution in [2.24, 2.45) is 5.41 Å². The van der Waals surface area contributed by atoms with Gasteiger partial charge in [0.2, 0.25) is 0 Å². The molecule has 1 aliphatic rings. The fraction of sp³-hybridized carbons (Fsp3) is 0.300. The van der Waals surface area contributed by atoms with E-state index in [4.69, 9.17) is 0 Å². The van der Waals surface area contributed by atoms with Gasteiger partial charge in [0.1, 0.15) is 16.9 Å². The zero-order valence-corrected chi connectivity index (χ0v) is 13.7. The number of Topliss-reactive ketones (excluding diaryl/α,β-unsaturated/α-hetero) is 2. The Kier molecular flexibility index (Phi) is 3.71. The van der Waals surface area contributed by atoms with Crippen molar-refractivity contribution < 1.29 is 19.8 Å². The minimum atomic E-state index is -1.38. The summed E-state index contributed by atoms with van der Waals surface area (Å²) in [5.41, 5.74) is -0.643. The van der Waals surface area contributed by atoms with Crippen LogP contribution in [0.4, 0.5) is 0 Å². The van der Waals surface area contributed by atoms with Crippen LogP contribution in [-0.2, 0) is 15.0 Å². The maximum absolute atomic E-state index is 13.2. The summed E-state index contributed by atoms with van der Waals surface area (Å²) in [5, 5.41) is 19.1. The second-order valence-corrected chi connectivity index (χ2v) is 7.21. The third-order valence-corrected chi connectivity index (χ3v) is 4.72. The first kappa shape index (κ1) is 16.2. The van der Waals surface area contributed by atoms with E-state index in [1.165, 1.54) is 24.3 Å². The molecule has 0 amide bonds. The van der Waals surface area contributed by atoms with Crippen molar-refractivity contribution in [2.75, 3.05) is 0 Å². The number of carbonyl (C=O) groups is 2. The van der Waals surface area contributed by atoms with E-state index in [1.807, 2.05) is 13.8 Å². The topological polar surface area (TPSA) is 74.6 Å². The molecule has 124 valence electrons. The highest BCUT2D eigenvalue weighted by Crippen LogP contribution is 2.46. The zero-order chi connectivity index (χ0) is 17.5. The molecule has 2 aromatic carbocycles. The Bertz CT molecular complexity index is 718. The molecule has 0 atom stereocenters. The Morgan fingerprint density at radius 1 is 0.708 bits per heavy atom. The average Bonchev–Trinajstić information content (AvgIpc) is 2.49. The summed E-state index contributed by atoms with van der Waals surface area (Å²) >= 11 is 0. The fourth-order valence-corrected chi connectivity index (χ4v) is 3.59. The highest BCUT2D eigenvalue weighted by Gasteiger charge is 2.53. The quantitative estimate of drug-likeness (QED) is 0.831. The van der Waals surface area contributed by atoms with Crippen molar-refractivity contribution in [3.63, 3.8) is 0 Å². The lowest BCUT2D eigenvalue weighted by atomic mass is 9.58. The Morgan fingerprint density at radius 3 is 1.38 bits per heavy atom. The molecule has 1 fully saturated rings. The molecule has 0 aliphatic heterocycles. The normalized spacial score (nSPS) is 19.2. The molecule has 0 saturated heterocycles. The van der Waals surface area contributed by atoms with Gasteiger partial charge in [0, 0.05) is 12.8 Å². The van der Waals surface area contributed by atoms with Crippen molar-refractivity contribution >= 4 is 11.6 Å². The van der Waals surface area contributed by atoms with Gasteiger partial charge in [0.05, 0.1) is 0 Å². The Morgan fingerprint density at radius 2 is 1.04 bits per heavy atom. The molecule has 1 aliphatic carbocycles. The van der Waals surface area contributed by atoms with Crippen LogP contribution in [0.25, 0.3) is 0 Å². The third kappa shape index (κ3) is 2.48. The molecule has 0 aromatic heterocycles. The monoisotopic (exact) mass is 324 g/mol. The largest absolute Gasteiger partial charge is 0.508 e. The van der Waals surface area contributed by atoms with E-state index >= 15 is 0 Å². The van der Waals surface area contributed by atoms with Crippen LogP contribution in [0.3, 0.4) is 0 Å².